The second-order valence-electron chi connectivity index (χ2n) is 7.00. The maximum absolute atomic E-state index is 11.6. The Morgan fingerprint density at radius 2 is 2.18 bits per heavy atom. The number of nitrogens with zero attached hydrogens (tertiary/aromatic N) is 4. The van der Waals surface area contributed by atoms with E-state index >= 15 is 0 Å². The molecule has 1 unspecified atom stereocenters. The Morgan fingerprint density at radius 1 is 1.54 bits per heavy atom. The van der Waals surface area contributed by atoms with Gasteiger partial charge in [0.1, 0.15) is 29.3 Å². The molecule has 15 heteroatoms. The number of guanidine groups is 1. The second-order valence-corrected chi connectivity index (χ2v) is 8.73. The Balaban J connectivity index is 2.05. The lowest BCUT2D eigenvalue weighted by atomic mass is 9.96. The van der Waals surface area contributed by atoms with Gasteiger partial charge >= 0.3 is 0 Å². The zero-order valence-corrected chi connectivity index (χ0v) is 16.3. The third-order valence-electron chi connectivity index (χ3n) is 4.68. The van der Waals surface area contributed by atoms with Gasteiger partial charge in [0.25, 0.3) is 0 Å². The molecule has 1 aromatic rings. The summed E-state index contributed by atoms with van der Waals surface area (Å²) in [5.41, 5.74) is 10.4. The van der Waals surface area contributed by atoms with E-state index in [9.17, 15) is 23.7 Å². The smallest absolute Gasteiger partial charge is 0.228 e. The Hall–Kier alpha value is -1.85. The molecule has 0 aromatic carbocycles. The first-order valence-corrected chi connectivity index (χ1v) is 10.1. The summed E-state index contributed by atoms with van der Waals surface area (Å²) >= 11 is 0. The molecule has 158 valence electrons. The number of nitrogens with one attached hydrogen (secondary N) is 2. The summed E-state index contributed by atoms with van der Waals surface area (Å²) in [6, 6.07) is 0. The number of rotatable bonds is 5. The summed E-state index contributed by atoms with van der Waals surface area (Å²) in [4.78, 5) is 10.4. The van der Waals surface area contributed by atoms with E-state index in [1.807, 2.05) is 0 Å². The molecule has 0 spiro atoms. The minimum atomic E-state index is -3.67. The molecule has 28 heavy (non-hydrogen) atoms. The number of sulfonamides is 1. The highest BCUT2D eigenvalue weighted by molar-refractivity contribution is 7.88. The third kappa shape index (κ3) is 3.25. The molecule has 2 aliphatic heterocycles. The average Bonchev–Trinajstić information content (AvgIpc) is 3.06. The summed E-state index contributed by atoms with van der Waals surface area (Å²) in [6.45, 7) is 0.835. The Bertz CT molecular complexity index is 901. The van der Waals surface area contributed by atoms with Crippen LogP contribution >= 0.6 is 0 Å². The molecule has 1 aromatic heterocycles. The van der Waals surface area contributed by atoms with Crippen molar-refractivity contribution >= 4 is 21.8 Å². The molecule has 14 nitrogen and oxygen atoms in total. The molecule has 0 aliphatic carbocycles. The zero-order chi connectivity index (χ0) is 21.1. The van der Waals surface area contributed by atoms with E-state index in [-0.39, 0.29) is 17.5 Å². The van der Waals surface area contributed by atoms with E-state index in [1.54, 1.807) is 0 Å². The molecule has 1 saturated heterocycles. The van der Waals surface area contributed by atoms with Crippen molar-refractivity contribution in [2.75, 3.05) is 25.2 Å². The van der Waals surface area contributed by atoms with Gasteiger partial charge in [0.15, 0.2) is 12.2 Å². The van der Waals surface area contributed by atoms with Gasteiger partial charge in [-0.1, -0.05) is 0 Å². The van der Waals surface area contributed by atoms with Crippen molar-refractivity contribution in [1.29, 1.82) is 0 Å². The standard InChI is InChI=1S/C13H24N8O6S/c1-12(24)8(23)6(4-22)27-10(12)21-5-16-7-9(21)17-11(14)18-13(7,15)20(2)19-28(3,25)26/h5-6,8,10,19,22-24H,4,15H2,1-3H3,(H3,14,17,18)/t6-,8-,10+,12-,13?/m1/s1. The zero-order valence-electron chi connectivity index (χ0n) is 15.4. The number of hydrazine groups is 1. The lowest BCUT2D eigenvalue weighted by Crippen LogP contribution is -2.60. The van der Waals surface area contributed by atoms with Crippen molar-refractivity contribution in [2.24, 2.45) is 16.5 Å². The molecule has 3 heterocycles. The maximum atomic E-state index is 11.6. The minimum Gasteiger partial charge on any atom is -0.394 e. The fraction of sp³-hybridized carbons (Fsp3) is 0.692. The number of anilines is 1. The monoisotopic (exact) mass is 420 g/mol. The van der Waals surface area contributed by atoms with Crippen molar-refractivity contribution < 1.29 is 28.5 Å². The van der Waals surface area contributed by atoms with Crippen LogP contribution in [0.2, 0.25) is 0 Å². The molecule has 3 rings (SSSR count). The number of fused-ring (bicyclic) bond motifs is 1. The van der Waals surface area contributed by atoms with Crippen LogP contribution in [0.3, 0.4) is 0 Å². The number of aliphatic hydroxyl groups is 3. The molecule has 5 atom stereocenters. The first-order valence-electron chi connectivity index (χ1n) is 8.17. The van der Waals surface area contributed by atoms with E-state index in [4.69, 9.17) is 16.2 Å². The molecular weight excluding hydrogens is 396 g/mol. The number of nitrogens with two attached hydrogens (primary N) is 2. The molecule has 0 amide bonds. The van der Waals surface area contributed by atoms with Crippen molar-refractivity contribution in [3.63, 3.8) is 0 Å². The van der Waals surface area contributed by atoms with Crippen LogP contribution in [0.1, 0.15) is 18.8 Å². The highest BCUT2D eigenvalue weighted by atomic mass is 32.2. The lowest BCUT2D eigenvalue weighted by Gasteiger charge is -2.37. The number of hydrogen-bond donors (Lipinski definition) is 7. The van der Waals surface area contributed by atoms with Crippen molar-refractivity contribution in [3.05, 3.63) is 12.0 Å². The highest BCUT2D eigenvalue weighted by Crippen LogP contribution is 2.42. The van der Waals surface area contributed by atoms with Gasteiger partial charge in [0, 0.05) is 7.05 Å². The van der Waals surface area contributed by atoms with E-state index in [1.165, 1.54) is 24.9 Å². The Kier molecular flexibility index (Phi) is 4.92. The van der Waals surface area contributed by atoms with E-state index < -0.39 is 46.5 Å². The fourth-order valence-corrected chi connectivity index (χ4v) is 3.90. The Labute approximate surface area is 160 Å². The van der Waals surface area contributed by atoms with Gasteiger partial charge < -0.3 is 31.1 Å². The lowest BCUT2D eigenvalue weighted by molar-refractivity contribution is -0.0958. The van der Waals surface area contributed by atoms with Gasteiger partial charge in [0.2, 0.25) is 15.8 Å². The molecule has 0 radical (unpaired) electrons. The quantitative estimate of drug-likeness (QED) is 0.180. The normalized spacial score (nSPS) is 35.6. The largest absolute Gasteiger partial charge is 0.394 e. The number of aliphatic hydroxyl groups excluding tert-OH is 2. The molecule has 0 saturated carbocycles. The predicted molar refractivity (Wildman–Crippen MR) is 96.7 cm³/mol. The molecule has 1 fully saturated rings. The molecule has 9 N–H and O–H groups in total. The van der Waals surface area contributed by atoms with E-state index in [0.29, 0.717) is 0 Å². The van der Waals surface area contributed by atoms with Crippen LogP contribution in [0.4, 0.5) is 5.82 Å². The number of hydrogen-bond acceptors (Lipinski definition) is 12. The van der Waals surface area contributed by atoms with Crippen LogP contribution in [0, 0.1) is 0 Å². The average molecular weight is 420 g/mol. The van der Waals surface area contributed by atoms with Crippen molar-refractivity contribution in [3.8, 4) is 0 Å². The van der Waals surface area contributed by atoms with Gasteiger partial charge in [-0.25, -0.2) is 18.4 Å². The van der Waals surface area contributed by atoms with E-state index in [0.717, 1.165) is 11.3 Å². The minimum absolute atomic E-state index is 0.0849. The van der Waals surface area contributed by atoms with Crippen LogP contribution in [-0.2, 0) is 20.5 Å². The number of aromatic nitrogens is 2. The molecule has 2 aliphatic rings. The van der Waals surface area contributed by atoms with Gasteiger partial charge in [-0.15, -0.1) is 4.83 Å². The summed E-state index contributed by atoms with van der Waals surface area (Å²) < 4.78 is 30.1. The van der Waals surface area contributed by atoms with Crippen LogP contribution in [0.15, 0.2) is 11.3 Å². The fourth-order valence-electron chi connectivity index (χ4n) is 3.26. The van der Waals surface area contributed by atoms with Gasteiger partial charge in [0.05, 0.1) is 19.2 Å². The van der Waals surface area contributed by atoms with Crippen LogP contribution in [-0.4, -0.2) is 82.0 Å². The van der Waals surface area contributed by atoms with Gasteiger partial charge in [-0.05, 0) is 6.92 Å². The highest BCUT2D eigenvalue weighted by Gasteiger charge is 2.54. The topological polar surface area (TPSA) is 214 Å². The van der Waals surface area contributed by atoms with Gasteiger partial charge in [-0.2, -0.15) is 5.01 Å². The van der Waals surface area contributed by atoms with Crippen molar-refractivity contribution in [2.45, 2.75) is 36.7 Å². The second kappa shape index (κ2) is 6.60. The first-order chi connectivity index (χ1) is 12.8. The predicted octanol–water partition coefficient (Wildman–Crippen LogP) is -3.91. The maximum Gasteiger partial charge on any atom is 0.228 e. The SMILES string of the molecule is CN(NS(C)(=O)=O)C1(N)N=C(N)Nc2c1ncn2[C@H]1O[C@H](CO)[C@@H](O)[C@@]1(C)O. The first kappa shape index (κ1) is 20.9. The number of aliphatic imine (C=N–C) groups is 1. The van der Waals surface area contributed by atoms with Crippen molar-refractivity contribution in [1.82, 2.24) is 19.4 Å². The number of imidazole rings is 1. The van der Waals surface area contributed by atoms with Crippen LogP contribution in [0.5, 0.6) is 0 Å². The third-order valence-corrected chi connectivity index (χ3v) is 5.29. The number of ether oxygens (including phenoxy) is 1. The van der Waals surface area contributed by atoms with Gasteiger partial charge in [-0.3, -0.25) is 10.3 Å². The summed E-state index contributed by atoms with van der Waals surface area (Å²) in [7, 11) is -2.32. The van der Waals surface area contributed by atoms with E-state index in [2.05, 4.69) is 20.1 Å². The Morgan fingerprint density at radius 3 is 2.71 bits per heavy atom. The summed E-state index contributed by atoms with van der Waals surface area (Å²) in [6.07, 6.45) is -1.32. The molecule has 0 bridgehead atoms. The summed E-state index contributed by atoms with van der Waals surface area (Å²) in [5.74, 6) is -1.78. The van der Waals surface area contributed by atoms with Crippen LogP contribution < -0.4 is 21.6 Å². The summed E-state index contributed by atoms with van der Waals surface area (Å²) in [5, 5.41) is 34.0. The molecular formula is C13H24N8O6S. The van der Waals surface area contributed by atoms with Crippen LogP contribution in [0.25, 0.3) is 0 Å².